The quantitative estimate of drug-likeness (QED) is 0.649. The van der Waals surface area contributed by atoms with Crippen LogP contribution in [0.3, 0.4) is 0 Å². The number of anilines is 2. The van der Waals surface area contributed by atoms with Crippen LogP contribution in [0, 0.1) is 5.92 Å². The molecule has 1 amide bonds. The number of rotatable bonds is 4. The second-order valence-corrected chi connectivity index (χ2v) is 8.64. The predicted octanol–water partition coefficient (Wildman–Crippen LogP) is 4.28. The molecule has 8 heteroatoms. The fourth-order valence-corrected chi connectivity index (χ4v) is 4.80. The molecule has 2 aromatic heterocycles. The number of hydrogen-bond acceptors (Lipinski definition) is 6. The number of pyridine rings is 1. The molecule has 1 aliphatic heterocycles. The minimum Gasteiger partial charge on any atom is -0.368 e. The minimum atomic E-state index is -0.275. The number of nitrogens with zero attached hydrogens (tertiary/aromatic N) is 3. The highest BCUT2D eigenvalue weighted by Gasteiger charge is 2.25. The Bertz CT molecular complexity index is 1010. The lowest BCUT2D eigenvalue weighted by atomic mass is 9.96. The molecule has 1 aliphatic rings. The van der Waals surface area contributed by atoms with Crippen molar-refractivity contribution in [2.75, 3.05) is 23.3 Å². The Morgan fingerprint density at radius 3 is 2.93 bits per heavy atom. The van der Waals surface area contributed by atoms with Crippen LogP contribution in [0.15, 0.2) is 48.1 Å². The lowest BCUT2D eigenvalue weighted by Gasteiger charge is -2.37. The number of amides is 1. The van der Waals surface area contributed by atoms with Crippen LogP contribution in [-0.4, -0.2) is 35.0 Å². The van der Waals surface area contributed by atoms with E-state index in [0.717, 1.165) is 30.8 Å². The molecule has 29 heavy (non-hydrogen) atoms. The number of carbonyl (C=O) groups excluding carboxylic acids is 1. The Hall–Kier alpha value is -2.48. The van der Waals surface area contributed by atoms with Crippen molar-refractivity contribution in [2.45, 2.75) is 19.4 Å². The summed E-state index contributed by atoms with van der Waals surface area (Å²) in [6.07, 6.45) is 4.40. The van der Waals surface area contributed by atoms with Gasteiger partial charge in [0.25, 0.3) is 5.91 Å². The molecule has 0 spiro atoms. The average Bonchev–Trinajstić information content (AvgIpc) is 3.18. The summed E-state index contributed by atoms with van der Waals surface area (Å²) < 4.78 is 0. The van der Waals surface area contributed by atoms with Crippen LogP contribution in [0.4, 0.5) is 11.4 Å². The van der Waals surface area contributed by atoms with E-state index in [4.69, 9.17) is 17.3 Å². The number of benzene rings is 1. The van der Waals surface area contributed by atoms with Crippen LogP contribution in [-0.2, 0) is 0 Å². The summed E-state index contributed by atoms with van der Waals surface area (Å²) in [5.74, 6) is 0.218. The van der Waals surface area contributed by atoms with E-state index in [2.05, 4.69) is 27.1 Å². The topological polar surface area (TPSA) is 84.1 Å². The van der Waals surface area contributed by atoms with Crippen molar-refractivity contribution < 1.29 is 4.79 Å². The summed E-state index contributed by atoms with van der Waals surface area (Å²) in [5.41, 5.74) is 8.95. The van der Waals surface area contributed by atoms with Gasteiger partial charge in [0.15, 0.2) is 0 Å². The van der Waals surface area contributed by atoms with Crippen LogP contribution in [0.1, 0.15) is 23.8 Å². The van der Waals surface area contributed by atoms with Gasteiger partial charge in [0.2, 0.25) is 0 Å². The Morgan fingerprint density at radius 1 is 1.31 bits per heavy atom. The molecular weight excluding hydrogens is 406 g/mol. The van der Waals surface area contributed by atoms with Crippen molar-refractivity contribution in [2.24, 2.45) is 11.7 Å². The molecule has 3 aromatic rings. The molecule has 3 N–H and O–H groups in total. The fourth-order valence-electron chi connectivity index (χ4n) is 3.68. The number of thiazole rings is 1. The zero-order valence-electron chi connectivity index (χ0n) is 16.0. The Kier molecular flexibility index (Phi) is 5.80. The maximum absolute atomic E-state index is 12.8. The van der Waals surface area contributed by atoms with E-state index in [1.807, 2.05) is 30.3 Å². The second-order valence-electron chi connectivity index (χ2n) is 7.37. The SMILES string of the molecule is C[C@@H]1C[C@H](N)CN(c2ccncc2NC(=O)c2csc(-c3ccccc3Cl)n2)C1. The summed E-state index contributed by atoms with van der Waals surface area (Å²) in [4.78, 5) is 23.7. The minimum absolute atomic E-state index is 0.118. The summed E-state index contributed by atoms with van der Waals surface area (Å²) in [6, 6.07) is 9.50. The molecule has 1 fully saturated rings. The van der Waals surface area contributed by atoms with E-state index in [1.54, 1.807) is 17.8 Å². The third-order valence-electron chi connectivity index (χ3n) is 4.92. The van der Waals surface area contributed by atoms with E-state index in [0.29, 0.717) is 27.3 Å². The van der Waals surface area contributed by atoms with Crippen molar-refractivity contribution >= 4 is 40.2 Å². The molecule has 2 atom stereocenters. The Balaban J connectivity index is 1.55. The molecule has 0 radical (unpaired) electrons. The fraction of sp³-hybridized carbons (Fsp3) is 0.286. The smallest absolute Gasteiger partial charge is 0.275 e. The maximum atomic E-state index is 12.8. The van der Waals surface area contributed by atoms with Crippen LogP contribution in [0.2, 0.25) is 5.02 Å². The lowest BCUT2D eigenvalue weighted by Crippen LogP contribution is -2.46. The molecule has 0 unspecified atom stereocenters. The zero-order valence-corrected chi connectivity index (χ0v) is 17.6. The summed E-state index contributed by atoms with van der Waals surface area (Å²) >= 11 is 7.64. The standard InChI is InChI=1S/C21H22ClN5OS/c1-13-8-14(23)11-27(10-13)19-6-7-24-9-17(19)25-20(28)18-12-29-21(26-18)15-4-2-3-5-16(15)22/h2-7,9,12-14H,8,10-11,23H2,1H3,(H,25,28)/t13-,14+/m1/s1. The highest BCUT2D eigenvalue weighted by Crippen LogP contribution is 2.32. The van der Waals surface area contributed by atoms with Gasteiger partial charge in [0.05, 0.1) is 22.6 Å². The molecule has 0 bridgehead atoms. The third kappa shape index (κ3) is 4.42. The lowest BCUT2D eigenvalue weighted by molar-refractivity contribution is 0.102. The number of nitrogens with two attached hydrogens (primary N) is 1. The van der Waals surface area contributed by atoms with E-state index in [1.165, 1.54) is 11.3 Å². The van der Waals surface area contributed by atoms with Crippen molar-refractivity contribution in [1.82, 2.24) is 9.97 Å². The van der Waals surface area contributed by atoms with Crippen LogP contribution in [0.25, 0.3) is 10.6 Å². The first-order valence-electron chi connectivity index (χ1n) is 9.47. The van der Waals surface area contributed by atoms with E-state index in [9.17, 15) is 4.79 Å². The van der Waals surface area contributed by atoms with Gasteiger partial charge in [0, 0.05) is 36.3 Å². The first kappa shape index (κ1) is 19.8. The predicted molar refractivity (Wildman–Crippen MR) is 119 cm³/mol. The largest absolute Gasteiger partial charge is 0.368 e. The first-order valence-corrected chi connectivity index (χ1v) is 10.7. The van der Waals surface area contributed by atoms with Crippen LogP contribution < -0.4 is 16.0 Å². The van der Waals surface area contributed by atoms with Gasteiger partial charge in [-0.15, -0.1) is 11.3 Å². The van der Waals surface area contributed by atoms with Gasteiger partial charge in [-0.1, -0.05) is 36.7 Å². The van der Waals surface area contributed by atoms with Gasteiger partial charge in [0.1, 0.15) is 10.7 Å². The Labute approximate surface area is 178 Å². The van der Waals surface area contributed by atoms with Crippen molar-refractivity contribution in [3.8, 4) is 10.6 Å². The molecule has 0 saturated carbocycles. The van der Waals surface area contributed by atoms with Gasteiger partial charge in [-0.05, 0) is 24.5 Å². The summed E-state index contributed by atoms with van der Waals surface area (Å²) in [6.45, 7) is 3.84. The number of halogens is 1. The number of hydrogen-bond donors (Lipinski definition) is 2. The normalized spacial score (nSPS) is 19.2. The molecule has 1 aromatic carbocycles. The third-order valence-corrected chi connectivity index (χ3v) is 6.13. The summed E-state index contributed by atoms with van der Waals surface area (Å²) in [7, 11) is 0. The van der Waals surface area contributed by atoms with Gasteiger partial charge in [-0.2, -0.15) is 0 Å². The van der Waals surface area contributed by atoms with E-state index >= 15 is 0 Å². The number of nitrogens with one attached hydrogen (secondary N) is 1. The molecule has 4 rings (SSSR count). The van der Waals surface area contributed by atoms with Gasteiger partial charge in [-0.25, -0.2) is 4.98 Å². The van der Waals surface area contributed by atoms with Crippen LogP contribution in [0.5, 0.6) is 0 Å². The monoisotopic (exact) mass is 427 g/mol. The molecule has 150 valence electrons. The van der Waals surface area contributed by atoms with Gasteiger partial charge >= 0.3 is 0 Å². The molecule has 3 heterocycles. The van der Waals surface area contributed by atoms with Crippen molar-refractivity contribution in [1.29, 1.82) is 0 Å². The Morgan fingerprint density at radius 2 is 2.14 bits per heavy atom. The van der Waals surface area contributed by atoms with E-state index < -0.39 is 0 Å². The summed E-state index contributed by atoms with van der Waals surface area (Å²) in [5, 5.41) is 6.02. The highest BCUT2D eigenvalue weighted by molar-refractivity contribution is 7.13. The van der Waals surface area contributed by atoms with Crippen molar-refractivity contribution in [3.05, 3.63) is 58.8 Å². The highest BCUT2D eigenvalue weighted by atomic mass is 35.5. The van der Waals surface area contributed by atoms with Crippen molar-refractivity contribution in [3.63, 3.8) is 0 Å². The molecule has 6 nitrogen and oxygen atoms in total. The van der Waals surface area contributed by atoms with Gasteiger partial charge in [-0.3, -0.25) is 9.78 Å². The van der Waals surface area contributed by atoms with Gasteiger partial charge < -0.3 is 16.0 Å². The zero-order chi connectivity index (χ0) is 20.4. The average molecular weight is 428 g/mol. The van der Waals surface area contributed by atoms with E-state index in [-0.39, 0.29) is 11.9 Å². The number of carbonyl (C=O) groups is 1. The number of aromatic nitrogens is 2. The maximum Gasteiger partial charge on any atom is 0.275 e. The second kappa shape index (κ2) is 8.49. The molecule has 0 aliphatic carbocycles. The first-order chi connectivity index (χ1) is 14.0. The molecule has 1 saturated heterocycles. The molecular formula is C21H22ClN5OS. The van der Waals surface area contributed by atoms with Crippen LogP contribution >= 0.6 is 22.9 Å². The number of piperidine rings is 1.